The van der Waals surface area contributed by atoms with Crippen LogP contribution in [-0.2, 0) is 13.1 Å². The van der Waals surface area contributed by atoms with Crippen LogP contribution in [0.3, 0.4) is 0 Å². The molecule has 2 heterocycles. The summed E-state index contributed by atoms with van der Waals surface area (Å²) in [5, 5.41) is 0.778. The zero-order chi connectivity index (χ0) is 19.4. The number of hydrogen-bond donors (Lipinski definition) is 0. The van der Waals surface area contributed by atoms with Crippen molar-refractivity contribution in [2.24, 2.45) is 0 Å². The topological polar surface area (TPSA) is 47.4 Å². The fourth-order valence-electron chi connectivity index (χ4n) is 3.08. The second kappa shape index (κ2) is 8.67. The van der Waals surface area contributed by atoms with Crippen molar-refractivity contribution in [1.29, 1.82) is 0 Å². The molecule has 0 amide bonds. The molecule has 1 aromatic carbocycles. The Morgan fingerprint density at radius 3 is 2.59 bits per heavy atom. The van der Waals surface area contributed by atoms with Gasteiger partial charge in [-0.25, -0.2) is 4.98 Å². The minimum Gasteiger partial charge on any atom is -0.494 e. The quantitative estimate of drug-likeness (QED) is 0.550. The number of fused-ring (bicyclic) bond motifs is 1. The molecule has 27 heavy (non-hydrogen) atoms. The summed E-state index contributed by atoms with van der Waals surface area (Å²) in [5.74, 6) is 1.72. The lowest BCUT2D eigenvalue weighted by atomic mass is 10.2. The minimum atomic E-state index is 0.0858. The van der Waals surface area contributed by atoms with Gasteiger partial charge in [-0.1, -0.05) is 18.2 Å². The van der Waals surface area contributed by atoms with E-state index in [4.69, 9.17) is 9.72 Å². The van der Waals surface area contributed by atoms with Crippen LogP contribution in [0.2, 0.25) is 0 Å². The highest BCUT2D eigenvalue weighted by Crippen LogP contribution is 2.26. The molecule has 0 aliphatic rings. The van der Waals surface area contributed by atoms with Gasteiger partial charge in [-0.2, -0.15) is 0 Å². The maximum absolute atomic E-state index is 13.1. The summed E-state index contributed by atoms with van der Waals surface area (Å²) in [6.07, 6.45) is 1.77. The summed E-state index contributed by atoms with van der Waals surface area (Å²) in [4.78, 5) is 22.0. The van der Waals surface area contributed by atoms with Crippen molar-refractivity contribution in [2.75, 3.05) is 20.7 Å². The number of benzene rings is 1. The zero-order valence-electron chi connectivity index (χ0n) is 16.5. The van der Waals surface area contributed by atoms with Gasteiger partial charge >= 0.3 is 0 Å². The molecule has 3 aromatic rings. The van der Waals surface area contributed by atoms with E-state index >= 15 is 0 Å². The van der Waals surface area contributed by atoms with Crippen molar-refractivity contribution in [3.8, 4) is 5.75 Å². The van der Waals surface area contributed by atoms with Crippen molar-refractivity contribution in [2.45, 2.75) is 39.8 Å². The molecule has 0 spiro atoms. The molecule has 0 radical (unpaired) electrons. The Morgan fingerprint density at radius 2 is 1.89 bits per heavy atom. The number of nitrogens with zero attached hydrogens (tertiary/aromatic N) is 3. The number of thiophene rings is 1. The van der Waals surface area contributed by atoms with Gasteiger partial charge in [0.2, 0.25) is 0 Å². The van der Waals surface area contributed by atoms with Crippen molar-refractivity contribution in [3.63, 3.8) is 0 Å². The van der Waals surface area contributed by atoms with Gasteiger partial charge in [-0.15, -0.1) is 11.3 Å². The van der Waals surface area contributed by atoms with Gasteiger partial charge in [0.25, 0.3) is 5.56 Å². The predicted octanol–water partition coefficient (Wildman–Crippen LogP) is 4.00. The first-order valence-electron chi connectivity index (χ1n) is 9.29. The molecule has 3 rings (SSSR count). The molecule has 0 unspecified atom stereocenters. The van der Waals surface area contributed by atoms with Crippen molar-refractivity contribution in [1.82, 2.24) is 14.5 Å². The SMILES string of the molecule is Cc1sc2nc(CN(C)C)n(CCCCOc3ccccc3)c(=O)c2c1C. The number of aryl methyl sites for hydroxylation is 2. The largest absolute Gasteiger partial charge is 0.494 e. The van der Waals surface area contributed by atoms with Gasteiger partial charge in [0.1, 0.15) is 16.4 Å². The van der Waals surface area contributed by atoms with Crippen LogP contribution < -0.4 is 10.3 Å². The van der Waals surface area contributed by atoms with E-state index in [-0.39, 0.29) is 5.56 Å². The summed E-state index contributed by atoms with van der Waals surface area (Å²) in [5.41, 5.74) is 1.15. The Bertz CT molecular complexity index is 961. The number of aromatic nitrogens is 2. The smallest absolute Gasteiger partial charge is 0.262 e. The third kappa shape index (κ3) is 4.57. The fourth-order valence-corrected chi connectivity index (χ4v) is 4.12. The van der Waals surface area contributed by atoms with Crippen LogP contribution in [0.15, 0.2) is 35.1 Å². The molecular formula is C21H27N3O2S. The van der Waals surface area contributed by atoms with Crippen LogP contribution in [0.5, 0.6) is 5.75 Å². The molecule has 0 atom stereocenters. The van der Waals surface area contributed by atoms with Crippen molar-refractivity contribution < 1.29 is 4.74 Å². The lowest BCUT2D eigenvalue weighted by Crippen LogP contribution is -2.28. The normalized spacial score (nSPS) is 11.4. The second-order valence-electron chi connectivity index (χ2n) is 7.05. The van der Waals surface area contributed by atoms with Gasteiger partial charge in [0, 0.05) is 11.4 Å². The minimum absolute atomic E-state index is 0.0858. The lowest BCUT2D eigenvalue weighted by molar-refractivity contribution is 0.301. The van der Waals surface area contributed by atoms with E-state index in [1.165, 1.54) is 4.88 Å². The van der Waals surface area contributed by atoms with Crippen molar-refractivity contribution >= 4 is 21.6 Å². The standard InChI is InChI=1S/C21H27N3O2S/c1-15-16(2)27-20-19(15)21(25)24(18(22-20)14-23(3)4)12-8-9-13-26-17-10-6-5-7-11-17/h5-7,10-11H,8-9,12-14H2,1-4H3. The summed E-state index contributed by atoms with van der Waals surface area (Å²) in [6, 6.07) is 9.82. The van der Waals surface area contributed by atoms with E-state index in [9.17, 15) is 4.79 Å². The van der Waals surface area contributed by atoms with Gasteiger partial charge in [0.15, 0.2) is 0 Å². The van der Waals surface area contributed by atoms with Gasteiger partial charge in [0.05, 0.1) is 18.5 Å². The number of unbranched alkanes of at least 4 members (excludes halogenated alkanes) is 1. The highest BCUT2D eigenvalue weighted by molar-refractivity contribution is 7.18. The monoisotopic (exact) mass is 385 g/mol. The average molecular weight is 386 g/mol. The van der Waals surface area contributed by atoms with Gasteiger partial charge in [-0.05, 0) is 58.5 Å². The number of ether oxygens (including phenoxy) is 1. The Kier molecular flexibility index (Phi) is 6.29. The zero-order valence-corrected chi connectivity index (χ0v) is 17.3. The van der Waals surface area contributed by atoms with E-state index in [2.05, 4.69) is 11.8 Å². The third-order valence-corrected chi connectivity index (χ3v) is 5.71. The molecule has 144 valence electrons. The molecule has 0 aliphatic carbocycles. The Labute approximate surface area is 164 Å². The van der Waals surface area contributed by atoms with E-state index in [0.29, 0.717) is 19.7 Å². The highest BCUT2D eigenvalue weighted by atomic mass is 32.1. The molecule has 2 aromatic heterocycles. The fraction of sp³-hybridized carbons (Fsp3) is 0.429. The maximum Gasteiger partial charge on any atom is 0.262 e. The Balaban J connectivity index is 1.74. The number of hydrogen-bond acceptors (Lipinski definition) is 5. The van der Waals surface area contributed by atoms with E-state index in [0.717, 1.165) is 40.2 Å². The molecule has 5 nitrogen and oxygen atoms in total. The predicted molar refractivity (Wildman–Crippen MR) is 112 cm³/mol. The summed E-state index contributed by atoms with van der Waals surface area (Å²) < 4.78 is 7.60. The van der Waals surface area contributed by atoms with Gasteiger partial charge < -0.3 is 9.64 Å². The first-order valence-corrected chi connectivity index (χ1v) is 10.1. The first-order chi connectivity index (χ1) is 13.0. The maximum atomic E-state index is 13.1. The average Bonchev–Trinajstić information content (AvgIpc) is 2.91. The first kappa shape index (κ1) is 19.6. The molecule has 0 saturated heterocycles. The van der Waals surface area contributed by atoms with Crippen LogP contribution >= 0.6 is 11.3 Å². The van der Waals surface area contributed by atoms with E-state index in [1.807, 2.05) is 55.9 Å². The van der Waals surface area contributed by atoms with Crippen LogP contribution in [0.1, 0.15) is 29.1 Å². The molecular weight excluding hydrogens is 358 g/mol. The Morgan fingerprint density at radius 1 is 1.15 bits per heavy atom. The highest BCUT2D eigenvalue weighted by Gasteiger charge is 2.16. The third-order valence-electron chi connectivity index (χ3n) is 4.61. The molecule has 0 bridgehead atoms. The molecule has 6 heteroatoms. The number of para-hydroxylation sites is 1. The van der Waals surface area contributed by atoms with Crippen LogP contribution in [-0.4, -0.2) is 35.2 Å². The molecule has 0 saturated carbocycles. The molecule has 0 fully saturated rings. The lowest BCUT2D eigenvalue weighted by Gasteiger charge is -2.16. The second-order valence-corrected chi connectivity index (χ2v) is 8.26. The van der Waals surface area contributed by atoms with E-state index < -0.39 is 0 Å². The van der Waals surface area contributed by atoms with Crippen LogP contribution in [0.25, 0.3) is 10.2 Å². The summed E-state index contributed by atoms with van der Waals surface area (Å²) >= 11 is 1.61. The summed E-state index contributed by atoms with van der Waals surface area (Å²) in [6.45, 7) is 6.03. The van der Waals surface area contributed by atoms with Crippen LogP contribution in [0, 0.1) is 13.8 Å². The van der Waals surface area contributed by atoms with Crippen molar-refractivity contribution in [3.05, 3.63) is 57.0 Å². The van der Waals surface area contributed by atoms with Gasteiger partial charge in [-0.3, -0.25) is 9.36 Å². The van der Waals surface area contributed by atoms with Crippen LogP contribution in [0.4, 0.5) is 0 Å². The Hall–Kier alpha value is -2.18. The van der Waals surface area contributed by atoms with E-state index in [1.54, 1.807) is 11.3 Å². The molecule has 0 N–H and O–H groups in total. The summed E-state index contributed by atoms with van der Waals surface area (Å²) in [7, 11) is 4.00. The molecule has 0 aliphatic heterocycles. The number of rotatable bonds is 8.